The minimum Gasteiger partial charge on any atom is -0.317 e. The van der Waals surface area contributed by atoms with E-state index >= 15 is 0 Å². The van der Waals surface area contributed by atoms with E-state index in [0.29, 0.717) is 0 Å². The Labute approximate surface area is 103 Å². The van der Waals surface area contributed by atoms with Gasteiger partial charge in [0.05, 0.1) is 0 Å². The van der Waals surface area contributed by atoms with E-state index in [0.717, 1.165) is 12.6 Å². The van der Waals surface area contributed by atoms with Crippen LogP contribution in [0.4, 0.5) is 0 Å². The SMILES string of the molecule is Cc1ccsc1CN(C)C1CCCNCC1. The molecule has 1 aliphatic rings. The normalized spacial score (nSPS) is 22.3. The highest BCUT2D eigenvalue weighted by molar-refractivity contribution is 7.10. The molecule has 3 heteroatoms. The van der Waals surface area contributed by atoms with Crippen LogP contribution >= 0.6 is 11.3 Å². The Bertz CT molecular complexity index is 313. The smallest absolute Gasteiger partial charge is 0.0330 e. The first-order valence-corrected chi connectivity index (χ1v) is 7.09. The number of hydrogen-bond acceptors (Lipinski definition) is 3. The van der Waals surface area contributed by atoms with E-state index < -0.39 is 0 Å². The molecule has 2 nitrogen and oxygen atoms in total. The predicted molar refractivity (Wildman–Crippen MR) is 71.0 cm³/mol. The van der Waals surface area contributed by atoms with Gasteiger partial charge in [-0.3, -0.25) is 4.90 Å². The zero-order valence-corrected chi connectivity index (χ0v) is 11.1. The Hall–Kier alpha value is -0.380. The molecule has 1 unspecified atom stereocenters. The Kier molecular flexibility index (Phi) is 4.38. The van der Waals surface area contributed by atoms with E-state index in [-0.39, 0.29) is 0 Å². The van der Waals surface area contributed by atoms with Gasteiger partial charge in [-0.15, -0.1) is 11.3 Å². The van der Waals surface area contributed by atoms with E-state index in [1.165, 1.54) is 42.8 Å². The van der Waals surface area contributed by atoms with Crippen LogP contribution in [0.25, 0.3) is 0 Å². The Morgan fingerprint density at radius 2 is 2.31 bits per heavy atom. The lowest BCUT2D eigenvalue weighted by atomic mass is 10.1. The summed E-state index contributed by atoms with van der Waals surface area (Å²) in [4.78, 5) is 4.06. The maximum absolute atomic E-state index is 3.48. The minimum absolute atomic E-state index is 0.761. The summed E-state index contributed by atoms with van der Waals surface area (Å²) in [5, 5.41) is 5.68. The van der Waals surface area contributed by atoms with Crippen LogP contribution in [0.3, 0.4) is 0 Å². The average Bonchev–Trinajstić information content (AvgIpc) is 2.57. The topological polar surface area (TPSA) is 15.3 Å². The molecule has 0 saturated carbocycles. The molecular weight excluding hydrogens is 216 g/mol. The number of thiophene rings is 1. The second-order valence-corrected chi connectivity index (χ2v) is 5.78. The van der Waals surface area contributed by atoms with Gasteiger partial charge in [-0.25, -0.2) is 0 Å². The van der Waals surface area contributed by atoms with Crippen LogP contribution in [-0.2, 0) is 6.54 Å². The summed E-state index contributed by atoms with van der Waals surface area (Å²) in [6, 6.07) is 2.99. The van der Waals surface area contributed by atoms with E-state index in [1.807, 2.05) is 11.3 Å². The van der Waals surface area contributed by atoms with Crippen LogP contribution in [0.2, 0.25) is 0 Å². The minimum atomic E-state index is 0.761. The second kappa shape index (κ2) is 5.80. The molecule has 1 saturated heterocycles. The zero-order chi connectivity index (χ0) is 11.4. The van der Waals surface area contributed by atoms with Crippen molar-refractivity contribution in [2.45, 2.75) is 38.8 Å². The van der Waals surface area contributed by atoms with Crippen molar-refractivity contribution >= 4 is 11.3 Å². The highest BCUT2D eigenvalue weighted by Gasteiger charge is 2.17. The van der Waals surface area contributed by atoms with Crippen molar-refractivity contribution in [2.24, 2.45) is 0 Å². The molecule has 1 atom stereocenters. The van der Waals surface area contributed by atoms with Crippen molar-refractivity contribution in [3.8, 4) is 0 Å². The molecule has 16 heavy (non-hydrogen) atoms. The third kappa shape index (κ3) is 3.06. The van der Waals surface area contributed by atoms with Crippen LogP contribution in [0, 0.1) is 6.92 Å². The third-order valence-corrected chi connectivity index (χ3v) is 4.54. The fourth-order valence-corrected chi connectivity index (χ4v) is 3.33. The fourth-order valence-electron chi connectivity index (χ4n) is 2.36. The number of rotatable bonds is 3. The van der Waals surface area contributed by atoms with Gasteiger partial charge in [-0.2, -0.15) is 0 Å². The number of nitrogens with zero attached hydrogens (tertiary/aromatic N) is 1. The highest BCUT2D eigenvalue weighted by Crippen LogP contribution is 2.20. The van der Waals surface area contributed by atoms with Gasteiger partial charge in [0.25, 0.3) is 0 Å². The summed E-state index contributed by atoms with van der Waals surface area (Å²) in [5.41, 5.74) is 1.45. The molecule has 0 aliphatic carbocycles. The van der Waals surface area contributed by atoms with Crippen molar-refractivity contribution < 1.29 is 0 Å². The molecular formula is C13H22N2S. The van der Waals surface area contributed by atoms with Crippen molar-refractivity contribution in [1.82, 2.24) is 10.2 Å². The van der Waals surface area contributed by atoms with Crippen LogP contribution < -0.4 is 5.32 Å². The van der Waals surface area contributed by atoms with E-state index in [2.05, 4.69) is 35.6 Å². The molecule has 0 aromatic carbocycles. The Morgan fingerprint density at radius 3 is 3.06 bits per heavy atom. The van der Waals surface area contributed by atoms with E-state index in [9.17, 15) is 0 Å². The lowest BCUT2D eigenvalue weighted by molar-refractivity contribution is 0.218. The summed E-state index contributed by atoms with van der Waals surface area (Å²) >= 11 is 1.89. The van der Waals surface area contributed by atoms with Crippen LogP contribution in [0.5, 0.6) is 0 Å². The summed E-state index contributed by atoms with van der Waals surface area (Å²) < 4.78 is 0. The van der Waals surface area contributed by atoms with Crippen LogP contribution in [0.1, 0.15) is 29.7 Å². The summed E-state index contributed by atoms with van der Waals surface area (Å²) in [6.07, 6.45) is 3.95. The molecule has 1 aromatic heterocycles. The molecule has 2 rings (SSSR count). The monoisotopic (exact) mass is 238 g/mol. The number of hydrogen-bond donors (Lipinski definition) is 1. The van der Waals surface area contributed by atoms with Crippen molar-refractivity contribution in [1.29, 1.82) is 0 Å². The highest BCUT2D eigenvalue weighted by atomic mass is 32.1. The van der Waals surface area contributed by atoms with E-state index in [1.54, 1.807) is 0 Å². The molecule has 1 aliphatic heterocycles. The van der Waals surface area contributed by atoms with E-state index in [4.69, 9.17) is 0 Å². The third-order valence-electron chi connectivity index (χ3n) is 3.53. The summed E-state index contributed by atoms with van der Waals surface area (Å²) in [5.74, 6) is 0. The molecule has 0 spiro atoms. The summed E-state index contributed by atoms with van der Waals surface area (Å²) in [6.45, 7) is 5.71. The van der Waals surface area contributed by atoms with Gasteiger partial charge >= 0.3 is 0 Å². The molecule has 0 radical (unpaired) electrons. The molecule has 90 valence electrons. The van der Waals surface area contributed by atoms with Gasteiger partial charge in [0.15, 0.2) is 0 Å². The zero-order valence-electron chi connectivity index (χ0n) is 10.3. The van der Waals surface area contributed by atoms with Gasteiger partial charge in [0.1, 0.15) is 0 Å². The van der Waals surface area contributed by atoms with Crippen molar-refractivity contribution in [3.63, 3.8) is 0 Å². The fraction of sp³-hybridized carbons (Fsp3) is 0.692. The molecule has 1 N–H and O–H groups in total. The lowest BCUT2D eigenvalue weighted by Crippen LogP contribution is -2.31. The van der Waals surface area contributed by atoms with Crippen molar-refractivity contribution in [2.75, 3.05) is 20.1 Å². The molecule has 1 aromatic rings. The first kappa shape index (κ1) is 12.1. The van der Waals surface area contributed by atoms with Crippen LogP contribution in [0.15, 0.2) is 11.4 Å². The van der Waals surface area contributed by atoms with Gasteiger partial charge in [-0.1, -0.05) is 0 Å². The Morgan fingerprint density at radius 1 is 1.44 bits per heavy atom. The molecule has 1 fully saturated rings. The van der Waals surface area contributed by atoms with Gasteiger partial charge in [-0.05, 0) is 63.3 Å². The van der Waals surface area contributed by atoms with Crippen molar-refractivity contribution in [3.05, 3.63) is 21.9 Å². The maximum atomic E-state index is 3.48. The summed E-state index contributed by atoms with van der Waals surface area (Å²) in [7, 11) is 2.27. The number of nitrogens with one attached hydrogen (secondary N) is 1. The quantitative estimate of drug-likeness (QED) is 0.871. The first-order valence-electron chi connectivity index (χ1n) is 6.21. The molecule has 0 bridgehead atoms. The van der Waals surface area contributed by atoms with Crippen LogP contribution in [-0.4, -0.2) is 31.1 Å². The average molecular weight is 238 g/mol. The Balaban J connectivity index is 1.91. The first-order chi connectivity index (χ1) is 7.77. The molecule has 0 amide bonds. The number of aryl methyl sites for hydroxylation is 1. The maximum Gasteiger partial charge on any atom is 0.0330 e. The van der Waals surface area contributed by atoms with Gasteiger partial charge in [0, 0.05) is 17.5 Å². The second-order valence-electron chi connectivity index (χ2n) is 4.78. The largest absolute Gasteiger partial charge is 0.317 e. The standard InChI is InChI=1S/C13H22N2S/c1-11-6-9-16-13(11)10-15(2)12-4-3-7-14-8-5-12/h6,9,12,14H,3-5,7-8,10H2,1-2H3. The van der Waals surface area contributed by atoms with Gasteiger partial charge < -0.3 is 5.32 Å². The lowest BCUT2D eigenvalue weighted by Gasteiger charge is -2.26. The molecule has 2 heterocycles. The predicted octanol–water partition coefficient (Wildman–Crippen LogP) is 2.63. The van der Waals surface area contributed by atoms with Gasteiger partial charge in [0.2, 0.25) is 0 Å².